The smallest absolute Gasteiger partial charge is 0.338 e. The Kier molecular flexibility index (Phi) is 5.11. The summed E-state index contributed by atoms with van der Waals surface area (Å²) in [5.41, 5.74) is -0.00347. The van der Waals surface area contributed by atoms with E-state index < -0.39 is 23.2 Å². The number of phenolic OH excluding ortho intramolecular Hbond substituents is 3. The van der Waals surface area contributed by atoms with Crippen LogP contribution in [0.1, 0.15) is 23.7 Å². The standard InChI is InChI=1S/C10H12O5.H2O/c1-2-3-15-10(14)6-4-7(11)9(13)8(12)5-6;/h4-5,11-13H,2-3H2,1H3;1H2. The van der Waals surface area contributed by atoms with E-state index in [-0.39, 0.29) is 17.6 Å². The van der Waals surface area contributed by atoms with Gasteiger partial charge in [0.05, 0.1) is 12.2 Å². The lowest BCUT2D eigenvalue weighted by atomic mass is 10.2. The van der Waals surface area contributed by atoms with Gasteiger partial charge in [-0.3, -0.25) is 0 Å². The molecule has 0 amide bonds. The molecule has 90 valence electrons. The molecule has 0 radical (unpaired) electrons. The minimum Gasteiger partial charge on any atom is -0.504 e. The second-order valence-electron chi connectivity index (χ2n) is 3.00. The second-order valence-corrected chi connectivity index (χ2v) is 3.00. The summed E-state index contributed by atoms with van der Waals surface area (Å²) < 4.78 is 4.78. The van der Waals surface area contributed by atoms with Crippen LogP contribution in [0.4, 0.5) is 0 Å². The molecule has 0 aliphatic carbocycles. The molecule has 5 N–H and O–H groups in total. The Bertz CT molecular complexity index is 351. The molecule has 6 nitrogen and oxygen atoms in total. The first kappa shape index (κ1) is 14.1. The van der Waals surface area contributed by atoms with Gasteiger partial charge in [0.2, 0.25) is 0 Å². The average Bonchev–Trinajstić information content (AvgIpc) is 2.21. The molecule has 16 heavy (non-hydrogen) atoms. The van der Waals surface area contributed by atoms with Crippen LogP contribution >= 0.6 is 0 Å². The fraction of sp³-hybridized carbons (Fsp3) is 0.300. The van der Waals surface area contributed by atoms with Crippen molar-refractivity contribution in [3.8, 4) is 17.2 Å². The van der Waals surface area contributed by atoms with Gasteiger partial charge in [-0.05, 0) is 18.6 Å². The molecule has 0 aromatic heterocycles. The highest BCUT2D eigenvalue weighted by atomic mass is 16.5. The first-order chi connectivity index (χ1) is 7.06. The second kappa shape index (κ2) is 5.82. The maximum Gasteiger partial charge on any atom is 0.338 e. The highest BCUT2D eigenvalue weighted by Gasteiger charge is 2.13. The van der Waals surface area contributed by atoms with Crippen LogP contribution in [0, 0.1) is 0 Å². The molecule has 0 bridgehead atoms. The van der Waals surface area contributed by atoms with Gasteiger partial charge in [-0.2, -0.15) is 0 Å². The number of aromatic hydroxyl groups is 3. The van der Waals surface area contributed by atoms with Gasteiger partial charge in [-0.1, -0.05) is 6.92 Å². The highest BCUT2D eigenvalue weighted by Crippen LogP contribution is 2.35. The van der Waals surface area contributed by atoms with Crippen LogP contribution in [0.3, 0.4) is 0 Å². The number of benzene rings is 1. The monoisotopic (exact) mass is 230 g/mol. The quantitative estimate of drug-likeness (QED) is 0.517. The van der Waals surface area contributed by atoms with E-state index in [1.54, 1.807) is 0 Å². The summed E-state index contributed by atoms with van der Waals surface area (Å²) in [7, 11) is 0. The molecule has 0 aliphatic heterocycles. The maximum absolute atomic E-state index is 11.3. The Morgan fingerprint density at radius 1 is 1.25 bits per heavy atom. The number of hydrogen-bond acceptors (Lipinski definition) is 5. The summed E-state index contributed by atoms with van der Waals surface area (Å²) in [4.78, 5) is 11.3. The van der Waals surface area contributed by atoms with Gasteiger partial charge in [0.1, 0.15) is 0 Å². The first-order valence-corrected chi connectivity index (χ1v) is 4.48. The molecule has 0 heterocycles. The predicted octanol–water partition coefficient (Wildman–Crippen LogP) is 0.545. The normalized spacial score (nSPS) is 9.31. The zero-order valence-electron chi connectivity index (χ0n) is 8.73. The number of phenols is 3. The minimum atomic E-state index is -0.651. The van der Waals surface area contributed by atoms with E-state index in [2.05, 4.69) is 0 Å². The molecule has 6 heteroatoms. The molecule has 0 spiro atoms. The lowest BCUT2D eigenvalue weighted by Crippen LogP contribution is -2.05. The van der Waals surface area contributed by atoms with Crippen molar-refractivity contribution < 1.29 is 30.3 Å². The lowest BCUT2D eigenvalue weighted by Gasteiger charge is -2.05. The molecular weight excluding hydrogens is 216 g/mol. The molecule has 1 aromatic rings. The van der Waals surface area contributed by atoms with Crippen molar-refractivity contribution in [1.82, 2.24) is 0 Å². The van der Waals surface area contributed by atoms with Crippen LogP contribution < -0.4 is 0 Å². The van der Waals surface area contributed by atoms with Crippen LogP contribution in [0.25, 0.3) is 0 Å². The van der Waals surface area contributed by atoms with Gasteiger partial charge in [0, 0.05) is 0 Å². The van der Waals surface area contributed by atoms with Crippen molar-refractivity contribution in [3.05, 3.63) is 17.7 Å². The topological polar surface area (TPSA) is 118 Å². The first-order valence-electron chi connectivity index (χ1n) is 4.48. The summed E-state index contributed by atoms with van der Waals surface area (Å²) in [6, 6.07) is 2.07. The summed E-state index contributed by atoms with van der Waals surface area (Å²) >= 11 is 0. The molecule has 0 unspecified atom stereocenters. The van der Waals surface area contributed by atoms with Crippen molar-refractivity contribution in [2.24, 2.45) is 0 Å². The molecule has 0 aliphatic rings. The van der Waals surface area contributed by atoms with E-state index in [1.807, 2.05) is 6.92 Å². The van der Waals surface area contributed by atoms with E-state index in [0.717, 1.165) is 12.1 Å². The zero-order valence-corrected chi connectivity index (χ0v) is 8.73. The van der Waals surface area contributed by atoms with Crippen LogP contribution in [0.2, 0.25) is 0 Å². The predicted molar refractivity (Wildman–Crippen MR) is 55.6 cm³/mol. The van der Waals surface area contributed by atoms with Gasteiger partial charge in [-0.15, -0.1) is 0 Å². The maximum atomic E-state index is 11.3. The third kappa shape index (κ3) is 3.03. The van der Waals surface area contributed by atoms with E-state index in [4.69, 9.17) is 20.1 Å². The molecule has 0 fully saturated rings. The van der Waals surface area contributed by atoms with Crippen LogP contribution in [-0.2, 0) is 4.74 Å². The van der Waals surface area contributed by atoms with Crippen LogP contribution in [0.5, 0.6) is 17.2 Å². The minimum absolute atomic E-state index is 0. The van der Waals surface area contributed by atoms with Crippen molar-refractivity contribution in [3.63, 3.8) is 0 Å². The molecular formula is C10H14O6. The summed E-state index contributed by atoms with van der Waals surface area (Å²) in [5.74, 6) is -2.42. The van der Waals surface area contributed by atoms with Gasteiger partial charge < -0.3 is 25.5 Å². The fourth-order valence-corrected chi connectivity index (χ4v) is 1.00. The van der Waals surface area contributed by atoms with Crippen molar-refractivity contribution in [2.75, 3.05) is 6.61 Å². The van der Waals surface area contributed by atoms with Crippen molar-refractivity contribution >= 4 is 5.97 Å². The molecule has 1 rings (SSSR count). The van der Waals surface area contributed by atoms with E-state index >= 15 is 0 Å². The van der Waals surface area contributed by atoms with Crippen LogP contribution in [-0.4, -0.2) is 33.4 Å². The Hall–Kier alpha value is -1.95. The number of hydrogen-bond donors (Lipinski definition) is 3. The number of carbonyl (C=O) groups excluding carboxylic acids is 1. The Morgan fingerprint density at radius 3 is 2.19 bits per heavy atom. The number of rotatable bonds is 3. The summed E-state index contributed by atoms with van der Waals surface area (Å²) in [6.07, 6.45) is 0.682. The average molecular weight is 230 g/mol. The number of ether oxygens (including phenoxy) is 1. The van der Waals surface area contributed by atoms with E-state index in [0.29, 0.717) is 6.42 Å². The largest absolute Gasteiger partial charge is 0.504 e. The van der Waals surface area contributed by atoms with Crippen LogP contribution in [0.15, 0.2) is 12.1 Å². The molecule has 0 saturated carbocycles. The SMILES string of the molecule is CCCOC(=O)c1cc(O)c(O)c(O)c1.O. The zero-order chi connectivity index (χ0) is 11.4. The molecule has 1 aromatic carbocycles. The van der Waals surface area contributed by atoms with Gasteiger partial charge in [0.15, 0.2) is 17.2 Å². The number of carbonyl (C=O) groups is 1. The Balaban J connectivity index is 0.00000225. The van der Waals surface area contributed by atoms with E-state index in [1.165, 1.54) is 0 Å². The van der Waals surface area contributed by atoms with E-state index in [9.17, 15) is 4.79 Å². The summed E-state index contributed by atoms with van der Waals surface area (Å²) in [5, 5.41) is 27.3. The third-order valence-electron chi connectivity index (χ3n) is 1.74. The fourth-order valence-electron chi connectivity index (χ4n) is 1.00. The highest BCUT2D eigenvalue weighted by molar-refractivity contribution is 5.91. The van der Waals surface area contributed by atoms with Gasteiger partial charge >= 0.3 is 5.97 Å². The third-order valence-corrected chi connectivity index (χ3v) is 1.74. The van der Waals surface area contributed by atoms with Crippen molar-refractivity contribution in [1.29, 1.82) is 0 Å². The lowest BCUT2D eigenvalue weighted by molar-refractivity contribution is 0.0504. The Labute approximate surface area is 92.0 Å². The molecule has 0 atom stereocenters. The van der Waals surface area contributed by atoms with Gasteiger partial charge in [0.25, 0.3) is 0 Å². The van der Waals surface area contributed by atoms with Gasteiger partial charge in [-0.25, -0.2) is 4.79 Å². The molecule has 0 saturated heterocycles. The summed E-state index contributed by atoms with van der Waals surface area (Å²) in [6.45, 7) is 2.11. The number of esters is 1. The Morgan fingerprint density at radius 2 is 1.75 bits per heavy atom. The van der Waals surface area contributed by atoms with Crippen molar-refractivity contribution in [2.45, 2.75) is 13.3 Å².